The lowest BCUT2D eigenvalue weighted by atomic mass is 10.0. The van der Waals surface area contributed by atoms with Crippen LogP contribution in [0.3, 0.4) is 0 Å². The minimum Gasteiger partial charge on any atom is -0.480 e. The van der Waals surface area contributed by atoms with E-state index in [1.165, 1.54) is 11.1 Å². The van der Waals surface area contributed by atoms with E-state index in [4.69, 9.17) is 4.74 Å². The number of fused-ring (bicyclic) bond motifs is 1. The van der Waals surface area contributed by atoms with Gasteiger partial charge in [-0.25, -0.2) is 4.98 Å². The van der Waals surface area contributed by atoms with Crippen LogP contribution < -0.4 is 10.1 Å². The number of hydrogen-bond acceptors (Lipinski definition) is 4. The lowest BCUT2D eigenvalue weighted by molar-refractivity contribution is -0.127. The average molecular weight is 316 g/mol. The van der Waals surface area contributed by atoms with Crippen molar-refractivity contribution in [2.45, 2.75) is 46.8 Å². The van der Waals surface area contributed by atoms with Gasteiger partial charge in [0.2, 0.25) is 0 Å². The molecule has 116 valence electrons. The summed E-state index contributed by atoms with van der Waals surface area (Å²) < 4.78 is 5.80. The molecule has 1 atom stereocenters. The molecule has 0 aliphatic carbocycles. The van der Waals surface area contributed by atoms with Gasteiger partial charge in [-0.1, -0.05) is 6.07 Å². The molecule has 1 aromatic heterocycles. The van der Waals surface area contributed by atoms with Crippen molar-refractivity contribution in [3.63, 3.8) is 0 Å². The number of nitrogens with one attached hydrogen (secondary N) is 1. The first-order chi connectivity index (χ1) is 10.4. The van der Waals surface area contributed by atoms with Crippen molar-refractivity contribution in [2.24, 2.45) is 0 Å². The molecule has 0 fully saturated rings. The van der Waals surface area contributed by atoms with Crippen LogP contribution in [0.2, 0.25) is 0 Å². The predicted molar refractivity (Wildman–Crippen MR) is 87.5 cm³/mol. The van der Waals surface area contributed by atoms with Gasteiger partial charge in [-0.15, -0.1) is 11.3 Å². The Morgan fingerprint density at radius 1 is 1.32 bits per heavy atom. The zero-order chi connectivity index (χ0) is 15.9. The van der Waals surface area contributed by atoms with Crippen LogP contribution in [0.1, 0.15) is 32.3 Å². The topological polar surface area (TPSA) is 51.2 Å². The Morgan fingerprint density at radius 3 is 2.73 bits per heavy atom. The van der Waals surface area contributed by atoms with Crippen LogP contribution in [0.4, 0.5) is 0 Å². The van der Waals surface area contributed by atoms with E-state index >= 15 is 0 Å². The van der Waals surface area contributed by atoms with E-state index in [1.807, 2.05) is 19.9 Å². The zero-order valence-electron chi connectivity index (χ0n) is 13.3. The highest BCUT2D eigenvalue weighted by molar-refractivity contribution is 7.11. The Kier molecular flexibility index (Phi) is 3.91. The number of carbonyl (C=O) groups excluding carboxylic acids is 1. The minimum atomic E-state index is -0.425. The molecule has 0 spiro atoms. The molecular weight excluding hydrogens is 296 g/mol. The van der Waals surface area contributed by atoms with Crippen LogP contribution in [0.5, 0.6) is 5.75 Å². The number of hydrogen-bond donors (Lipinski definition) is 1. The third-order valence-electron chi connectivity index (χ3n) is 4.07. The molecule has 2 aromatic rings. The minimum absolute atomic E-state index is 0.0584. The van der Waals surface area contributed by atoms with Crippen molar-refractivity contribution in [3.05, 3.63) is 44.4 Å². The van der Waals surface area contributed by atoms with Crippen molar-refractivity contribution in [3.8, 4) is 5.75 Å². The summed E-state index contributed by atoms with van der Waals surface area (Å²) in [7, 11) is 0. The van der Waals surface area contributed by atoms with Gasteiger partial charge in [0.25, 0.3) is 5.91 Å². The molecule has 5 heteroatoms. The quantitative estimate of drug-likeness (QED) is 0.947. The third-order valence-corrected chi connectivity index (χ3v) is 5.14. The Balaban J connectivity index is 1.64. The summed E-state index contributed by atoms with van der Waals surface area (Å²) >= 11 is 1.62. The summed E-state index contributed by atoms with van der Waals surface area (Å²) in [5.41, 5.74) is 4.53. The first-order valence-electron chi connectivity index (χ1n) is 7.41. The molecule has 1 aromatic carbocycles. The molecule has 2 heterocycles. The number of thiazole rings is 1. The van der Waals surface area contributed by atoms with Crippen LogP contribution in [-0.2, 0) is 17.8 Å². The van der Waals surface area contributed by atoms with Crippen molar-refractivity contribution in [2.75, 3.05) is 0 Å². The molecule has 0 radical (unpaired) electrons. The normalized spacial score (nSPS) is 16.3. The number of benzene rings is 1. The molecule has 1 aliphatic heterocycles. The fourth-order valence-electron chi connectivity index (χ4n) is 2.68. The summed E-state index contributed by atoms with van der Waals surface area (Å²) in [6.45, 7) is 8.60. The van der Waals surface area contributed by atoms with Gasteiger partial charge >= 0.3 is 0 Å². The van der Waals surface area contributed by atoms with Crippen LogP contribution in [0.15, 0.2) is 12.1 Å². The molecule has 3 rings (SSSR count). The van der Waals surface area contributed by atoms with E-state index in [0.29, 0.717) is 13.0 Å². The molecule has 1 amide bonds. The summed E-state index contributed by atoms with van der Waals surface area (Å²) in [4.78, 5) is 17.8. The number of ether oxygens (including phenoxy) is 1. The molecule has 0 saturated heterocycles. The molecular formula is C17H20N2O2S. The largest absolute Gasteiger partial charge is 0.480 e. The highest BCUT2D eigenvalue weighted by Gasteiger charge is 2.29. The van der Waals surface area contributed by atoms with Gasteiger partial charge in [-0.2, -0.15) is 0 Å². The SMILES string of the molecule is Cc1nc(C)c(CNC(=O)C2Cc3cc(C)c(C)cc3O2)s1. The fraction of sp³-hybridized carbons (Fsp3) is 0.412. The first kappa shape index (κ1) is 15.0. The summed E-state index contributed by atoms with van der Waals surface area (Å²) in [6, 6.07) is 4.14. The number of aryl methyl sites for hydroxylation is 4. The molecule has 22 heavy (non-hydrogen) atoms. The Bertz CT molecular complexity index is 706. The van der Waals surface area contributed by atoms with Gasteiger partial charge in [0.1, 0.15) is 5.75 Å². The zero-order valence-corrected chi connectivity index (χ0v) is 14.1. The second-order valence-corrected chi connectivity index (χ2v) is 7.10. The van der Waals surface area contributed by atoms with Crippen LogP contribution >= 0.6 is 11.3 Å². The van der Waals surface area contributed by atoms with E-state index in [9.17, 15) is 4.79 Å². The predicted octanol–water partition coefficient (Wildman–Crippen LogP) is 3.00. The maximum Gasteiger partial charge on any atom is 0.261 e. The molecule has 4 nitrogen and oxygen atoms in total. The van der Waals surface area contributed by atoms with E-state index in [1.54, 1.807) is 11.3 Å². The average Bonchev–Trinajstić information content (AvgIpc) is 2.99. The third kappa shape index (κ3) is 2.86. The summed E-state index contributed by atoms with van der Waals surface area (Å²) in [6.07, 6.45) is 0.216. The molecule has 0 bridgehead atoms. The van der Waals surface area contributed by atoms with Crippen molar-refractivity contribution < 1.29 is 9.53 Å². The maximum atomic E-state index is 12.3. The van der Waals surface area contributed by atoms with E-state index < -0.39 is 6.10 Å². The molecule has 1 unspecified atom stereocenters. The van der Waals surface area contributed by atoms with Gasteiger partial charge in [0.15, 0.2) is 6.10 Å². The van der Waals surface area contributed by atoms with Gasteiger partial charge < -0.3 is 10.1 Å². The van der Waals surface area contributed by atoms with Gasteiger partial charge in [-0.05, 0) is 50.5 Å². The Hall–Kier alpha value is -1.88. The smallest absolute Gasteiger partial charge is 0.261 e. The molecule has 0 saturated carbocycles. The van der Waals surface area contributed by atoms with Gasteiger partial charge in [-0.3, -0.25) is 4.79 Å². The Labute approximate surface area is 134 Å². The van der Waals surface area contributed by atoms with Crippen LogP contribution in [0.25, 0.3) is 0 Å². The van der Waals surface area contributed by atoms with E-state index in [0.717, 1.165) is 26.9 Å². The van der Waals surface area contributed by atoms with E-state index in [-0.39, 0.29) is 5.91 Å². The number of aromatic nitrogens is 1. The number of amides is 1. The standard InChI is InChI=1S/C17H20N2O2S/c1-9-5-13-7-15(21-14(13)6-10(9)2)17(20)18-8-16-11(3)19-12(4)22-16/h5-6,15H,7-8H2,1-4H3,(H,18,20). The molecule has 1 aliphatic rings. The fourth-order valence-corrected chi connectivity index (χ4v) is 3.56. The highest BCUT2D eigenvalue weighted by Crippen LogP contribution is 2.31. The lowest BCUT2D eigenvalue weighted by Crippen LogP contribution is -2.36. The second-order valence-electron chi connectivity index (χ2n) is 5.81. The van der Waals surface area contributed by atoms with Gasteiger partial charge in [0.05, 0.1) is 17.2 Å². The van der Waals surface area contributed by atoms with Crippen LogP contribution in [0, 0.1) is 27.7 Å². The number of carbonyl (C=O) groups is 1. The summed E-state index contributed by atoms with van der Waals surface area (Å²) in [5.74, 6) is 0.782. The molecule has 1 N–H and O–H groups in total. The number of nitrogens with zero attached hydrogens (tertiary/aromatic N) is 1. The van der Waals surface area contributed by atoms with Crippen LogP contribution in [-0.4, -0.2) is 17.0 Å². The first-order valence-corrected chi connectivity index (χ1v) is 8.23. The van der Waals surface area contributed by atoms with Crippen molar-refractivity contribution >= 4 is 17.2 Å². The monoisotopic (exact) mass is 316 g/mol. The number of rotatable bonds is 3. The highest BCUT2D eigenvalue weighted by atomic mass is 32.1. The lowest BCUT2D eigenvalue weighted by Gasteiger charge is -2.11. The second kappa shape index (κ2) is 5.72. The summed E-state index contributed by atoms with van der Waals surface area (Å²) in [5, 5.41) is 3.99. The Morgan fingerprint density at radius 2 is 2.05 bits per heavy atom. The van der Waals surface area contributed by atoms with E-state index in [2.05, 4.69) is 30.2 Å². The maximum absolute atomic E-state index is 12.3. The van der Waals surface area contributed by atoms with Crippen molar-refractivity contribution in [1.82, 2.24) is 10.3 Å². The van der Waals surface area contributed by atoms with Crippen molar-refractivity contribution in [1.29, 1.82) is 0 Å². The van der Waals surface area contributed by atoms with Gasteiger partial charge in [0, 0.05) is 11.3 Å².